The lowest BCUT2D eigenvalue weighted by molar-refractivity contribution is -0.131. The standard InChI is InChI=1S/C18H26N6O/c1-4-24-16(11(2)3)22-14-15(19-10-20-17(14)24)21-13-7-8-23(9-13)18(25)12-5-6-12/h10-13H,4-9H2,1-3H3,(H,19,20,21). The Balaban J connectivity index is 1.56. The van der Waals surface area contributed by atoms with Gasteiger partial charge in [0.15, 0.2) is 17.0 Å². The number of fused-ring (bicyclic) bond motifs is 1. The third-order valence-electron chi connectivity index (χ3n) is 5.16. The number of rotatable bonds is 5. The molecule has 134 valence electrons. The van der Waals surface area contributed by atoms with Crippen LogP contribution in [0.5, 0.6) is 0 Å². The van der Waals surface area contributed by atoms with Gasteiger partial charge in [0.2, 0.25) is 5.91 Å². The quantitative estimate of drug-likeness (QED) is 0.903. The Kier molecular flexibility index (Phi) is 4.09. The van der Waals surface area contributed by atoms with Gasteiger partial charge in [0.1, 0.15) is 12.2 Å². The third-order valence-corrected chi connectivity index (χ3v) is 5.16. The molecule has 1 amide bonds. The van der Waals surface area contributed by atoms with E-state index < -0.39 is 0 Å². The highest BCUT2D eigenvalue weighted by Crippen LogP contribution is 2.32. The van der Waals surface area contributed by atoms with Gasteiger partial charge in [0.25, 0.3) is 0 Å². The summed E-state index contributed by atoms with van der Waals surface area (Å²) in [5, 5.41) is 3.51. The Labute approximate surface area is 147 Å². The van der Waals surface area contributed by atoms with Gasteiger partial charge in [0, 0.05) is 37.5 Å². The van der Waals surface area contributed by atoms with Crippen molar-refractivity contribution >= 4 is 22.9 Å². The van der Waals surface area contributed by atoms with Gasteiger partial charge in [-0.25, -0.2) is 15.0 Å². The Morgan fingerprint density at radius 3 is 2.80 bits per heavy atom. The molecule has 3 heterocycles. The van der Waals surface area contributed by atoms with Gasteiger partial charge in [-0.1, -0.05) is 13.8 Å². The van der Waals surface area contributed by atoms with Crippen molar-refractivity contribution in [1.82, 2.24) is 24.4 Å². The summed E-state index contributed by atoms with van der Waals surface area (Å²) in [6.07, 6.45) is 4.68. The lowest BCUT2D eigenvalue weighted by Crippen LogP contribution is -2.32. The molecule has 2 aromatic heterocycles. The second kappa shape index (κ2) is 6.28. The number of aromatic nitrogens is 4. The maximum atomic E-state index is 12.2. The Hall–Kier alpha value is -2.18. The molecule has 0 spiro atoms. The van der Waals surface area contributed by atoms with Gasteiger partial charge in [0.05, 0.1) is 0 Å². The number of aryl methyl sites for hydroxylation is 1. The maximum Gasteiger partial charge on any atom is 0.225 e. The lowest BCUT2D eigenvalue weighted by atomic mass is 10.2. The number of likely N-dealkylation sites (tertiary alicyclic amines) is 1. The summed E-state index contributed by atoms with van der Waals surface area (Å²) in [7, 11) is 0. The molecule has 1 saturated heterocycles. The highest BCUT2D eigenvalue weighted by atomic mass is 16.2. The van der Waals surface area contributed by atoms with E-state index in [1.807, 2.05) is 4.90 Å². The van der Waals surface area contributed by atoms with E-state index in [0.717, 1.165) is 61.7 Å². The Morgan fingerprint density at radius 1 is 1.32 bits per heavy atom. The van der Waals surface area contributed by atoms with Crippen molar-refractivity contribution in [2.45, 2.75) is 58.5 Å². The second-order valence-corrected chi connectivity index (χ2v) is 7.45. The van der Waals surface area contributed by atoms with Crippen LogP contribution in [-0.4, -0.2) is 49.5 Å². The molecule has 1 aliphatic heterocycles. The van der Waals surface area contributed by atoms with Crippen LogP contribution in [0.25, 0.3) is 11.2 Å². The van der Waals surface area contributed by atoms with Crippen molar-refractivity contribution in [3.63, 3.8) is 0 Å². The molecule has 7 nitrogen and oxygen atoms in total. The molecule has 0 bridgehead atoms. The molecule has 1 atom stereocenters. The summed E-state index contributed by atoms with van der Waals surface area (Å²) in [4.78, 5) is 27.9. The first-order chi connectivity index (χ1) is 12.1. The van der Waals surface area contributed by atoms with Crippen LogP contribution >= 0.6 is 0 Å². The number of imidazole rings is 1. The zero-order valence-corrected chi connectivity index (χ0v) is 15.2. The first kappa shape index (κ1) is 16.3. The average Bonchev–Trinajstić information content (AvgIpc) is 3.22. The van der Waals surface area contributed by atoms with E-state index >= 15 is 0 Å². The van der Waals surface area contributed by atoms with Crippen LogP contribution < -0.4 is 5.32 Å². The minimum atomic E-state index is 0.232. The minimum Gasteiger partial charge on any atom is -0.364 e. The summed E-state index contributed by atoms with van der Waals surface area (Å²) in [6, 6.07) is 0.232. The number of carbonyl (C=O) groups excluding carboxylic acids is 1. The summed E-state index contributed by atoms with van der Waals surface area (Å²) < 4.78 is 2.16. The van der Waals surface area contributed by atoms with Gasteiger partial charge in [-0.2, -0.15) is 0 Å². The summed E-state index contributed by atoms with van der Waals surface area (Å²) >= 11 is 0. The topological polar surface area (TPSA) is 75.9 Å². The van der Waals surface area contributed by atoms with Crippen molar-refractivity contribution in [2.24, 2.45) is 5.92 Å². The van der Waals surface area contributed by atoms with E-state index in [1.165, 1.54) is 0 Å². The van der Waals surface area contributed by atoms with Crippen molar-refractivity contribution in [1.29, 1.82) is 0 Å². The predicted octanol–water partition coefficient (Wildman–Crippen LogP) is 2.39. The van der Waals surface area contributed by atoms with E-state index in [9.17, 15) is 4.79 Å². The van der Waals surface area contributed by atoms with E-state index in [1.54, 1.807) is 6.33 Å². The molecule has 7 heteroatoms. The van der Waals surface area contributed by atoms with Crippen LogP contribution in [0.2, 0.25) is 0 Å². The smallest absolute Gasteiger partial charge is 0.225 e. The number of anilines is 1. The number of hydrogen-bond acceptors (Lipinski definition) is 5. The molecule has 2 aliphatic rings. The van der Waals surface area contributed by atoms with Crippen molar-refractivity contribution in [3.8, 4) is 0 Å². The predicted molar refractivity (Wildman–Crippen MR) is 96.4 cm³/mol. The molecular formula is C18H26N6O. The van der Waals surface area contributed by atoms with E-state index in [-0.39, 0.29) is 6.04 Å². The lowest BCUT2D eigenvalue weighted by Gasteiger charge is -2.17. The highest BCUT2D eigenvalue weighted by molar-refractivity contribution is 5.84. The number of nitrogens with one attached hydrogen (secondary N) is 1. The number of carbonyl (C=O) groups is 1. The molecule has 1 unspecified atom stereocenters. The fraction of sp³-hybridized carbons (Fsp3) is 0.667. The zero-order chi connectivity index (χ0) is 17.6. The van der Waals surface area contributed by atoms with Crippen molar-refractivity contribution in [2.75, 3.05) is 18.4 Å². The largest absolute Gasteiger partial charge is 0.364 e. The monoisotopic (exact) mass is 342 g/mol. The summed E-state index contributed by atoms with van der Waals surface area (Å²) in [5.41, 5.74) is 1.72. The van der Waals surface area contributed by atoms with Crippen LogP contribution in [-0.2, 0) is 11.3 Å². The zero-order valence-electron chi connectivity index (χ0n) is 15.2. The maximum absolute atomic E-state index is 12.2. The number of nitrogens with zero attached hydrogens (tertiary/aromatic N) is 5. The van der Waals surface area contributed by atoms with E-state index in [0.29, 0.717) is 17.7 Å². The molecule has 2 fully saturated rings. The van der Waals surface area contributed by atoms with Crippen LogP contribution in [0.3, 0.4) is 0 Å². The number of amides is 1. The molecule has 25 heavy (non-hydrogen) atoms. The van der Waals surface area contributed by atoms with E-state index in [4.69, 9.17) is 4.98 Å². The average molecular weight is 342 g/mol. The Morgan fingerprint density at radius 2 is 2.12 bits per heavy atom. The summed E-state index contributed by atoms with van der Waals surface area (Å²) in [6.45, 7) is 8.83. The van der Waals surface area contributed by atoms with Crippen LogP contribution in [0.4, 0.5) is 5.82 Å². The molecule has 1 aliphatic carbocycles. The third kappa shape index (κ3) is 2.96. The molecule has 0 radical (unpaired) electrons. The van der Waals surface area contributed by atoms with Crippen LogP contribution in [0.15, 0.2) is 6.33 Å². The van der Waals surface area contributed by atoms with Crippen LogP contribution in [0, 0.1) is 5.92 Å². The van der Waals surface area contributed by atoms with Crippen molar-refractivity contribution < 1.29 is 4.79 Å². The van der Waals surface area contributed by atoms with Crippen LogP contribution in [0.1, 0.15) is 51.8 Å². The molecule has 1 saturated carbocycles. The fourth-order valence-corrected chi connectivity index (χ4v) is 3.67. The molecule has 2 aromatic rings. The summed E-state index contributed by atoms with van der Waals surface area (Å²) in [5.74, 6) is 2.77. The van der Waals surface area contributed by atoms with E-state index in [2.05, 4.69) is 40.6 Å². The van der Waals surface area contributed by atoms with Gasteiger partial charge >= 0.3 is 0 Å². The van der Waals surface area contributed by atoms with Gasteiger partial charge in [-0.15, -0.1) is 0 Å². The minimum absolute atomic E-state index is 0.232. The molecule has 0 aromatic carbocycles. The molecule has 1 N–H and O–H groups in total. The van der Waals surface area contributed by atoms with Crippen molar-refractivity contribution in [3.05, 3.63) is 12.2 Å². The van der Waals surface area contributed by atoms with Gasteiger partial charge < -0.3 is 14.8 Å². The van der Waals surface area contributed by atoms with Gasteiger partial charge in [-0.05, 0) is 26.2 Å². The normalized spacial score (nSPS) is 20.6. The fourth-order valence-electron chi connectivity index (χ4n) is 3.67. The second-order valence-electron chi connectivity index (χ2n) is 7.45. The first-order valence-electron chi connectivity index (χ1n) is 9.35. The highest BCUT2D eigenvalue weighted by Gasteiger charge is 2.36. The van der Waals surface area contributed by atoms with Gasteiger partial charge in [-0.3, -0.25) is 4.79 Å². The Bertz CT molecular complexity index is 794. The molecular weight excluding hydrogens is 316 g/mol. The number of hydrogen-bond donors (Lipinski definition) is 1. The molecule has 4 rings (SSSR count). The first-order valence-corrected chi connectivity index (χ1v) is 9.35. The SMILES string of the molecule is CCn1c(C(C)C)nc2c(NC3CCN(C(=O)C4CC4)C3)ncnc21.